The van der Waals surface area contributed by atoms with Crippen molar-refractivity contribution in [3.05, 3.63) is 23.5 Å². The maximum atomic E-state index is 12.5. The number of nitrogens with one attached hydrogen (secondary N) is 1. The molecule has 1 N–H and O–H groups in total. The lowest BCUT2D eigenvalue weighted by Gasteiger charge is -2.28. The molecule has 1 rings (SSSR count). The van der Waals surface area contributed by atoms with Crippen LogP contribution in [-0.4, -0.2) is 35.4 Å². The first-order chi connectivity index (χ1) is 8.88. The number of anilines is 1. The molecule has 1 aromatic heterocycles. The van der Waals surface area contributed by atoms with Gasteiger partial charge in [0.05, 0.1) is 11.3 Å². The Kier molecular flexibility index (Phi) is 5.33. The number of carbonyl (C=O) groups excluding carboxylic acids is 1. The minimum atomic E-state index is 0.0182. The second kappa shape index (κ2) is 6.55. The van der Waals surface area contributed by atoms with E-state index in [1.165, 1.54) is 0 Å². The molecule has 106 valence electrons. The van der Waals surface area contributed by atoms with Crippen molar-refractivity contribution in [1.82, 2.24) is 9.88 Å². The SMILES string of the molecule is CCNc1cc(C)ncc1C(=O)N(C)C(C)C(C)C. The zero-order valence-corrected chi connectivity index (χ0v) is 12.8. The molecule has 0 bridgehead atoms. The number of aromatic nitrogens is 1. The van der Waals surface area contributed by atoms with Gasteiger partial charge < -0.3 is 10.2 Å². The van der Waals surface area contributed by atoms with E-state index < -0.39 is 0 Å². The molecule has 4 heteroatoms. The predicted molar refractivity (Wildman–Crippen MR) is 79.5 cm³/mol. The van der Waals surface area contributed by atoms with Crippen LogP contribution in [0.25, 0.3) is 0 Å². The zero-order chi connectivity index (χ0) is 14.6. The van der Waals surface area contributed by atoms with E-state index in [-0.39, 0.29) is 11.9 Å². The Bertz CT molecular complexity index is 443. The molecular formula is C15H25N3O. The highest BCUT2D eigenvalue weighted by Crippen LogP contribution is 2.19. The second-order valence-corrected chi connectivity index (χ2v) is 5.30. The average Bonchev–Trinajstić information content (AvgIpc) is 2.36. The fraction of sp³-hybridized carbons (Fsp3) is 0.600. The number of nitrogens with zero attached hydrogens (tertiary/aromatic N) is 2. The van der Waals surface area contributed by atoms with Gasteiger partial charge in [0, 0.05) is 31.5 Å². The van der Waals surface area contributed by atoms with Gasteiger partial charge in [0.15, 0.2) is 0 Å². The summed E-state index contributed by atoms with van der Waals surface area (Å²) >= 11 is 0. The number of aryl methyl sites for hydroxylation is 1. The fourth-order valence-corrected chi connectivity index (χ4v) is 1.89. The molecule has 1 unspecified atom stereocenters. The molecule has 0 saturated heterocycles. The van der Waals surface area contributed by atoms with E-state index in [0.717, 1.165) is 17.9 Å². The molecule has 0 aliphatic rings. The number of hydrogen-bond donors (Lipinski definition) is 1. The van der Waals surface area contributed by atoms with Crippen molar-refractivity contribution in [2.75, 3.05) is 18.9 Å². The van der Waals surface area contributed by atoms with Gasteiger partial charge in [-0.05, 0) is 32.8 Å². The number of carbonyl (C=O) groups is 1. The predicted octanol–water partition coefficient (Wildman–Crippen LogP) is 2.94. The molecule has 0 saturated carbocycles. The van der Waals surface area contributed by atoms with Gasteiger partial charge in [-0.15, -0.1) is 0 Å². The number of hydrogen-bond acceptors (Lipinski definition) is 3. The van der Waals surface area contributed by atoms with Crippen LogP contribution in [0.2, 0.25) is 0 Å². The van der Waals surface area contributed by atoms with Crippen LogP contribution in [0.1, 0.15) is 43.7 Å². The smallest absolute Gasteiger partial charge is 0.257 e. The maximum Gasteiger partial charge on any atom is 0.257 e. The highest BCUT2D eigenvalue weighted by atomic mass is 16.2. The van der Waals surface area contributed by atoms with E-state index in [1.807, 2.05) is 27.0 Å². The van der Waals surface area contributed by atoms with Crippen LogP contribution in [0.5, 0.6) is 0 Å². The molecular weight excluding hydrogens is 238 g/mol. The lowest BCUT2D eigenvalue weighted by atomic mass is 10.0. The molecule has 1 aromatic rings. The van der Waals surface area contributed by atoms with E-state index in [9.17, 15) is 4.79 Å². The molecule has 1 atom stereocenters. The van der Waals surface area contributed by atoms with Gasteiger partial charge in [-0.3, -0.25) is 9.78 Å². The third-order valence-corrected chi connectivity index (χ3v) is 3.53. The standard InChI is InChI=1S/C15H25N3O/c1-7-16-14-8-11(4)17-9-13(14)15(19)18(6)12(5)10(2)3/h8-10,12H,7H2,1-6H3,(H,16,17). The molecule has 19 heavy (non-hydrogen) atoms. The molecule has 0 radical (unpaired) electrons. The third kappa shape index (κ3) is 3.69. The molecule has 4 nitrogen and oxygen atoms in total. The highest BCUT2D eigenvalue weighted by Gasteiger charge is 2.22. The largest absolute Gasteiger partial charge is 0.385 e. The Morgan fingerprint density at radius 3 is 2.58 bits per heavy atom. The summed E-state index contributed by atoms with van der Waals surface area (Å²) in [6, 6.07) is 2.12. The molecule has 1 heterocycles. The van der Waals surface area contributed by atoms with Crippen molar-refractivity contribution < 1.29 is 4.79 Å². The van der Waals surface area contributed by atoms with E-state index in [2.05, 4.69) is 31.1 Å². The first-order valence-corrected chi connectivity index (χ1v) is 6.86. The lowest BCUT2D eigenvalue weighted by Crippen LogP contribution is -2.38. The first-order valence-electron chi connectivity index (χ1n) is 6.86. The average molecular weight is 263 g/mol. The summed E-state index contributed by atoms with van der Waals surface area (Å²) < 4.78 is 0. The van der Waals surface area contributed by atoms with Gasteiger partial charge in [-0.25, -0.2) is 0 Å². The van der Waals surface area contributed by atoms with Crippen LogP contribution in [0.15, 0.2) is 12.3 Å². The number of pyridine rings is 1. The van der Waals surface area contributed by atoms with E-state index in [1.54, 1.807) is 11.1 Å². The quantitative estimate of drug-likeness (QED) is 0.888. The topological polar surface area (TPSA) is 45.2 Å². The Morgan fingerprint density at radius 2 is 2.05 bits per heavy atom. The van der Waals surface area contributed by atoms with Crippen LogP contribution in [-0.2, 0) is 0 Å². The van der Waals surface area contributed by atoms with E-state index >= 15 is 0 Å². The van der Waals surface area contributed by atoms with Crippen molar-refractivity contribution in [3.63, 3.8) is 0 Å². The monoisotopic (exact) mass is 263 g/mol. The van der Waals surface area contributed by atoms with Crippen molar-refractivity contribution in [2.45, 2.75) is 40.7 Å². The summed E-state index contributed by atoms with van der Waals surface area (Å²) in [6.07, 6.45) is 1.67. The second-order valence-electron chi connectivity index (χ2n) is 5.30. The van der Waals surface area contributed by atoms with E-state index in [0.29, 0.717) is 11.5 Å². The van der Waals surface area contributed by atoms with Crippen molar-refractivity contribution in [1.29, 1.82) is 0 Å². The zero-order valence-electron chi connectivity index (χ0n) is 12.8. The Balaban J connectivity index is 3.05. The third-order valence-electron chi connectivity index (χ3n) is 3.53. The summed E-state index contributed by atoms with van der Waals surface area (Å²) in [7, 11) is 1.85. The van der Waals surface area contributed by atoms with Gasteiger partial charge in [-0.2, -0.15) is 0 Å². The summed E-state index contributed by atoms with van der Waals surface area (Å²) in [6.45, 7) is 11.0. The molecule has 1 amide bonds. The molecule has 0 spiro atoms. The molecule has 0 aliphatic heterocycles. The van der Waals surface area contributed by atoms with Crippen LogP contribution in [0.3, 0.4) is 0 Å². The first kappa shape index (κ1) is 15.5. The van der Waals surface area contributed by atoms with Gasteiger partial charge in [0.25, 0.3) is 5.91 Å². The van der Waals surface area contributed by atoms with Crippen molar-refractivity contribution in [3.8, 4) is 0 Å². The number of amides is 1. The molecule has 0 aromatic carbocycles. The van der Waals surface area contributed by atoms with Gasteiger partial charge in [0.2, 0.25) is 0 Å². The minimum absolute atomic E-state index is 0.0182. The fourth-order valence-electron chi connectivity index (χ4n) is 1.89. The van der Waals surface area contributed by atoms with Crippen LogP contribution >= 0.6 is 0 Å². The summed E-state index contributed by atoms with van der Waals surface area (Å²) in [5, 5.41) is 3.23. The van der Waals surface area contributed by atoms with Crippen LogP contribution in [0, 0.1) is 12.8 Å². The summed E-state index contributed by atoms with van der Waals surface area (Å²) in [5.41, 5.74) is 2.41. The lowest BCUT2D eigenvalue weighted by molar-refractivity contribution is 0.0707. The van der Waals surface area contributed by atoms with Gasteiger partial charge in [-0.1, -0.05) is 13.8 Å². The van der Waals surface area contributed by atoms with E-state index in [4.69, 9.17) is 0 Å². The Morgan fingerprint density at radius 1 is 1.42 bits per heavy atom. The van der Waals surface area contributed by atoms with Crippen LogP contribution in [0.4, 0.5) is 5.69 Å². The van der Waals surface area contributed by atoms with Crippen molar-refractivity contribution >= 4 is 11.6 Å². The normalized spacial score (nSPS) is 12.4. The molecule has 0 aliphatic carbocycles. The Labute approximate surface area is 116 Å². The Hall–Kier alpha value is -1.58. The van der Waals surface area contributed by atoms with Gasteiger partial charge >= 0.3 is 0 Å². The number of rotatable bonds is 5. The molecule has 0 fully saturated rings. The minimum Gasteiger partial charge on any atom is -0.385 e. The van der Waals surface area contributed by atoms with Crippen molar-refractivity contribution in [2.24, 2.45) is 5.92 Å². The maximum absolute atomic E-state index is 12.5. The van der Waals surface area contributed by atoms with Crippen LogP contribution < -0.4 is 5.32 Å². The summed E-state index contributed by atoms with van der Waals surface area (Å²) in [4.78, 5) is 18.6. The highest BCUT2D eigenvalue weighted by molar-refractivity contribution is 5.99. The summed E-state index contributed by atoms with van der Waals surface area (Å²) in [5.74, 6) is 0.444. The van der Waals surface area contributed by atoms with Gasteiger partial charge in [0.1, 0.15) is 0 Å².